The second kappa shape index (κ2) is 52.5. The van der Waals surface area contributed by atoms with E-state index in [1.54, 1.807) is 50.7 Å². The van der Waals surface area contributed by atoms with Crippen LogP contribution in [0.3, 0.4) is 0 Å². The van der Waals surface area contributed by atoms with Gasteiger partial charge in [-0.3, -0.25) is 57.7 Å². The normalized spacial score (nSPS) is 17.3. The lowest BCUT2D eigenvalue weighted by molar-refractivity contribution is -0.149. The average molecular weight is 1530 g/mol. The molecule has 0 radical (unpaired) electrons. The van der Waals surface area contributed by atoms with Crippen LogP contribution in [-0.4, -0.2) is 278 Å². The molecule has 3 unspecified atom stereocenters. The Kier molecular flexibility index (Phi) is 46.0. The summed E-state index contributed by atoms with van der Waals surface area (Å²) in [5, 5.41) is 2.12. The highest BCUT2D eigenvalue weighted by Crippen LogP contribution is 2.35. The first kappa shape index (κ1) is 92.8. The van der Waals surface area contributed by atoms with Gasteiger partial charge < -0.3 is 67.8 Å². The summed E-state index contributed by atoms with van der Waals surface area (Å²) in [5.41, 5.74) is 6.53. The molecule has 2 aromatic rings. The van der Waals surface area contributed by atoms with E-state index in [1.807, 2.05) is 76.9 Å². The predicted octanol–water partition coefficient (Wildman–Crippen LogP) is 6.14. The van der Waals surface area contributed by atoms with Crippen LogP contribution < -0.4 is 11.6 Å². The summed E-state index contributed by atoms with van der Waals surface area (Å²) in [6.07, 6.45) is 4.09. The van der Waals surface area contributed by atoms with Gasteiger partial charge in [0.15, 0.2) is 11.6 Å². The van der Waals surface area contributed by atoms with E-state index in [0.717, 1.165) is 33.7 Å². The highest BCUT2D eigenvalue weighted by molar-refractivity contribution is 8.00. The molecule has 4 rings (SSSR count). The van der Waals surface area contributed by atoms with Gasteiger partial charge in [0.1, 0.15) is 18.2 Å². The number of amides is 6. The van der Waals surface area contributed by atoms with E-state index < -0.39 is 70.8 Å². The summed E-state index contributed by atoms with van der Waals surface area (Å²) in [5.74, 6) is -0.560. The fourth-order valence-electron chi connectivity index (χ4n) is 13.4. The van der Waals surface area contributed by atoms with Crippen molar-refractivity contribution in [3.8, 4) is 0 Å². The van der Waals surface area contributed by atoms with Crippen LogP contribution in [0.25, 0.3) is 0 Å². The third kappa shape index (κ3) is 32.9. The third-order valence-corrected chi connectivity index (χ3v) is 21.8. The third-order valence-electron chi connectivity index (χ3n) is 19.5. The van der Waals surface area contributed by atoms with Gasteiger partial charge in [-0.25, -0.2) is 10.9 Å². The average Bonchev–Trinajstić information content (AvgIpc) is 1.39. The minimum absolute atomic E-state index is 0.00111. The maximum Gasteiger partial charge on any atom is 0.242 e. The van der Waals surface area contributed by atoms with Crippen LogP contribution in [0.4, 0.5) is 0 Å². The molecule has 11 atom stereocenters. The Labute approximate surface area is 635 Å². The molecular weight excluding hydrogens is 1410 g/mol. The van der Waals surface area contributed by atoms with Gasteiger partial charge in [0, 0.05) is 122 Å². The van der Waals surface area contributed by atoms with Gasteiger partial charge in [0.25, 0.3) is 0 Å². The summed E-state index contributed by atoms with van der Waals surface area (Å²) in [6, 6.07) is 8.47. The number of carbonyl (C=O) groups excluding carboxylic acids is 10. The second-order valence-electron chi connectivity index (χ2n) is 27.8. The number of thioether (sulfide) groups is 1. The molecule has 0 spiro atoms. The molecule has 600 valence electrons. The molecule has 1 aromatic carbocycles. The molecule has 2 aliphatic heterocycles. The maximum absolute atomic E-state index is 14.8. The molecule has 106 heavy (non-hydrogen) atoms. The van der Waals surface area contributed by atoms with Crippen molar-refractivity contribution < 1.29 is 100 Å². The topological polar surface area (TPSA) is 350 Å². The number of methoxy groups -OCH3 is 2. The number of imide groups is 1. The summed E-state index contributed by atoms with van der Waals surface area (Å²) in [6.45, 7) is 19.2. The standard InChI is InChI=1S/C76H123N7O21S2/c1-12-54(6)71(65(94-10)48-68(89)82-25-16-21-62(82)72(95-11)55(7)63(86)46-57(74-79-24-43-105-74)44-56-18-14-13-15-19-56)81(9)75(92)61(52(2)3)47-64(87)70(53(4)5)80(8)67(88)23-28-97-30-32-99-34-36-101-38-40-103-42-41-102-39-37-100-35-33-98-31-29-96-27-17-20-59(84)22-26-83-69(90)49-66(76(83)93)106-51-58(73(77)91)45-60(85)50-104-78/h13-15,18-19,24,43,52-55,57-58,61-62,65-66,70-72H,12,16-17,20-23,25-42,44-51,78H2,1-11H3,(H2,77,91)/t54?,55-,57+,58?,61-,62-,65+,66?,70-,71-,72+/m0/s1. The summed E-state index contributed by atoms with van der Waals surface area (Å²) < 4.78 is 57.0. The zero-order valence-corrected chi connectivity index (χ0v) is 66.3. The SMILES string of the molecule is CCC(C)[C@@H]([C@@H](CC(=O)N1CCC[C@H]1[C@H](OC)[C@@H](C)C(=O)C[C@@H](Cc1ccccc1)c1nccs1)OC)N(C)C(=O)[C@@H](CC(=O)[C@H](C(C)C)N(C)C(=O)CCOCCOCCOCCOCCOCCOCCOCCOCCCC(=O)CCN1C(=O)CC(SCC(CC(=O)CON)C(N)=O)C1=O)C(C)C. The van der Waals surface area contributed by atoms with Gasteiger partial charge in [-0.15, -0.1) is 23.1 Å². The molecule has 0 aliphatic carbocycles. The van der Waals surface area contributed by atoms with E-state index in [4.69, 9.17) is 59.0 Å². The lowest BCUT2D eigenvalue weighted by Gasteiger charge is -2.41. The predicted molar refractivity (Wildman–Crippen MR) is 400 cm³/mol. The molecule has 3 heterocycles. The van der Waals surface area contributed by atoms with Crippen molar-refractivity contribution in [2.45, 2.75) is 173 Å². The molecule has 2 saturated heterocycles. The minimum atomic E-state index is -0.841. The smallest absolute Gasteiger partial charge is 0.242 e. The molecule has 28 nitrogen and oxygen atoms in total. The van der Waals surface area contributed by atoms with Crippen LogP contribution in [-0.2, 0) is 107 Å². The van der Waals surface area contributed by atoms with Crippen molar-refractivity contribution in [1.29, 1.82) is 0 Å². The molecule has 0 saturated carbocycles. The van der Waals surface area contributed by atoms with Crippen molar-refractivity contribution in [3.63, 3.8) is 0 Å². The number of aromatic nitrogens is 1. The fourth-order valence-corrected chi connectivity index (χ4v) is 15.4. The number of thiazole rings is 1. The van der Waals surface area contributed by atoms with Crippen molar-refractivity contribution in [2.75, 3.05) is 159 Å². The van der Waals surface area contributed by atoms with Crippen molar-refractivity contribution >= 4 is 81.7 Å². The van der Waals surface area contributed by atoms with E-state index in [9.17, 15) is 47.9 Å². The molecule has 2 aliphatic rings. The van der Waals surface area contributed by atoms with E-state index in [-0.39, 0.29) is 142 Å². The number of primary amides is 1. The number of benzene rings is 1. The lowest BCUT2D eigenvalue weighted by atomic mass is 9.83. The Morgan fingerprint density at radius 2 is 1.25 bits per heavy atom. The van der Waals surface area contributed by atoms with Crippen molar-refractivity contribution in [1.82, 2.24) is 24.6 Å². The fraction of sp³-hybridized carbons (Fsp3) is 0.750. The number of ether oxygens (including phenoxy) is 10. The van der Waals surface area contributed by atoms with Gasteiger partial charge in [-0.2, -0.15) is 0 Å². The van der Waals surface area contributed by atoms with Gasteiger partial charge in [-0.1, -0.05) is 85.2 Å². The molecule has 6 amide bonds. The molecule has 1 aromatic heterocycles. The molecule has 4 N–H and O–H groups in total. The summed E-state index contributed by atoms with van der Waals surface area (Å²) in [7, 11) is 6.52. The molecule has 2 fully saturated rings. The Bertz CT molecular complexity index is 2920. The number of rotatable bonds is 62. The van der Waals surface area contributed by atoms with E-state index in [0.29, 0.717) is 131 Å². The van der Waals surface area contributed by atoms with Gasteiger partial charge in [0.2, 0.25) is 35.4 Å². The molecule has 0 bridgehead atoms. The summed E-state index contributed by atoms with van der Waals surface area (Å²) in [4.78, 5) is 148. The number of hydrogen-bond acceptors (Lipinski definition) is 25. The second-order valence-corrected chi connectivity index (χ2v) is 30.0. The zero-order chi connectivity index (χ0) is 77.9. The van der Waals surface area contributed by atoms with Crippen molar-refractivity contribution in [2.24, 2.45) is 47.1 Å². The van der Waals surface area contributed by atoms with Gasteiger partial charge in [0.05, 0.1) is 158 Å². The van der Waals surface area contributed by atoms with Crippen LogP contribution >= 0.6 is 23.1 Å². The quantitative estimate of drug-likeness (QED) is 0.0427. The first-order valence-corrected chi connectivity index (χ1v) is 39.4. The molecule has 30 heteroatoms. The number of Topliss-reactive ketones (excluding diaryl/α,β-unsaturated/α-hetero) is 4. The van der Waals surface area contributed by atoms with E-state index >= 15 is 0 Å². The van der Waals surface area contributed by atoms with E-state index in [2.05, 4.69) is 22.0 Å². The minimum Gasteiger partial charge on any atom is -0.379 e. The highest BCUT2D eigenvalue weighted by Gasteiger charge is 2.45. The van der Waals surface area contributed by atoms with Crippen LogP contribution in [0, 0.1) is 35.5 Å². The molecular formula is C76H123N7O21S2. The number of likely N-dealkylation sites (N-methyl/N-ethyl adjacent to an activating group) is 2. The number of carbonyl (C=O) groups is 10. The largest absolute Gasteiger partial charge is 0.379 e. The van der Waals surface area contributed by atoms with Crippen LogP contribution in [0.1, 0.15) is 142 Å². The highest BCUT2D eigenvalue weighted by atomic mass is 32.2. The first-order valence-electron chi connectivity index (χ1n) is 37.5. The van der Waals surface area contributed by atoms with Gasteiger partial charge in [-0.05, 0) is 49.0 Å². The van der Waals surface area contributed by atoms with E-state index in [1.165, 1.54) is 4.90 Å². The zero-order valence-electron chi connectivity index (χ0n) is 64.7. The monoisotopic (exact) mass is 1530 g/mol. The Morgan fingerprint density at radius 1 is 0.679 bits per heavy atom. The number of likely N-dealkylation sites (tertiary alicyclic amines) is 2. The maximum atomic E-state index is 14.8. The Hall–Kier alpha value is -5.58. The summed E-state index contributed by atoms with van der Waals surface area (Å²) >= 11 is 2.63. The first-order chi connectivity index (χ1) is 50.9. The Balaban J connectivity index is 1.02. The number of nitrogens with two attached hydrogens (primary N) is 2. The number of hydrogen-bond donors (Lipinski definition) is 2. The van der Waals surface area contributed by atoms with Crippen LogP contribution in [0.15, 0.2) is 41.9 Å². The number of ketones is 4. The lowest BCUT2D eigenvalue weighted by Crippen LogP contribution is -2.54. The van der Waals surface area contributed by atoms with Gasteiger partial charge >= 0.3 is 0 Å². The Morgan fingerprint density at radius 3 is 1.76 bits per heavy atom. The van der Waals surface area contributed by atoms with Crippen LogP contribution in [0.2, 0.25) is 0 Å². The van der Waals surface area contributed by atoms with Crippen molar-refractivity contribution in [3.05, 3.63) is 52.5 Å². The van der Waals surface area contributed by atoms with Crippen LogP contribution in [0.5, 0.6) is 0 Å². The number of nitrogens with zero attached hydrogens (tertiary/aromatic N) is 5.